The fourth-order valence-electron chi connectivity index (χ4n) is 2.71. The number of hydrogen-bond acceptors (Lipinski definition) is 5. The lowest BCUT2D eigenvalue weighted by Crippen LogP contribution is -2.26. The summed E-state index contributed by atoms with van der Waals surface area (Å²) in [5.41, 5.74) is 2.25. The van der Waals surface area contributed by atoms with E-state index < -0.39 is 18.0 Å². The minimum absolute atomic E-state index is 0.0421. The number of esters is 1. The van der Waals surface area contributed by atoms with Crippen LogP contribution in [0.2, 0.25) is 0 Å². The predicted molar refractivity (Wildman–Crippen MR) is 113 cm³/mol. The van der Waals surface area contributed by atoms with Crippen molar-refractivity contribution in [2.24, 2.45) is 0 Å². The zero-order valence-electron chi connectivity index (χ0n) is 16.0. The monoisotopic (exact) mass is 407 g/mol. The number of rotatable bonds is 8. The largest absolute Gasteiger partial charge is 0.447 e. The molecule has 1 N–H and O–H groups in total. The number of benzene rings is 2. The van der Waals surface area contributed by atoms with Gasteiger partial charge in [0, 0.05) is 17.7 Å². The fourth-order valence-corrected chi connectivity index (χ4v) is 3.41. The van der Waals surface area contributed by atoms with E-state index in [0.29, 0.717) is 16.1 Å². The van der Waals surface area contributed by atoms with E-state index >= 15 is 0 Å². The maximum absolute atomic E-state index is 12.8. The molecule has 1 atom stereocenters. The molecule has 0 saturated heterocycles. The molecule has 0 spiro atoms. The first-order chi connectivity index (χ1) is 14.0. The lowest BCUT2D eigenvalue weighted by Gasteiger charge is -2.18. The molecule has 0 aliphatic heterocycles. The standard InChI is InChI=1S/C23H21NO4S/c1-16-9-11-18(12-10-16)24-23(27)22(17-6-3-2-4-7-17)28-21(26)14-13-19(25)20-8-5-15-29-20/h2-12,15,22H,13-14H2,1H3,(H,24,27)/t22-/m1/s1. The molecule has 3 aromatic rings. The van der Waals surface area contributed by atoms with Crippen molar-refractivity contribution in [3.05, 3.63) is 88.1 Å². The van der Waals surface area contributed by atoms with Crippen LogP contribution in [-0.4, -0.2) is 17.7 Å². The SMILES string of the molecule is Cc1ccc(NC(=O)[C@H](OC(=O)CCC(=O)c2cccs2)c2ccccc2)cc1. The minimum Gasteiger partial charge on any atom is -0.447 e. The number of amides is 1. The van der Waals surface area contributed by atoms with Crippen molar-refractivity contribution < 1.29 is 19.1 Å². The molecular formula is C23H21NO4S. The van der Waals surface area contributed by atoms with Gasteiger partial charge < -0.3 is 10.1 Å². The summed E-state index contributed by atoms with van der Waals surface area (Å²) in [6.45, 7) is 1.96. The Hall–Kier alpha value is -3.25. The topological polar surface area (TPSA) is 72.5 Å². The molecule has 3 rings (SSSR count). The number of thiophene rings is 1. The number of ether oxygens (including phenoxy) is 1. The number of anilines is 1. The van der Waals surface area contributed by atoms with E-state index in [2.05, 4.69) is 5.32 Å². The second-order valence-electron chi connectivity index (χ2n) is 6.54. The highest BCUT2D eigenvalue weighted by Gasteiger charge is 2.25. The van der Waals surface area contributed by atoms with Gasteiger partial charge in [-0.2, -0.15) is 0 Å². The van der Waals surface area contributed by atoms with Gasteiger partial charge in [0.25, 0.3) is 5.91 Å². The molecule has 0 fully saturated rings. The molecular weight excluding hydrogens is 386 g/mol. The molecule has 0 unspecified atom stereocenters. The van der Waals surface area contributed by atoms with Crippen molar-refractivity contribution in [2.45, 2.75) is 25.9 Å². The lowest BCUT2D eigenvalue weighted by molar-refractivity contribution is -0.154. The molecule has 0 saturated carbocycles. The van der Waals surface area contributed by atoms with Gasteiger partial charge in [-0.3, -0.25) is 14.4 Å². The molecule has 1 heterocycles. The number of carbonyl (C=O) groups excluding carboxylic acids is 3. The van der Waals surface area contributed by atoms with E-state index in [-0.39, 0.29) is 18.6 Å². The second-order valence-corrected chi connectivity index (χ2v) is 7.48. The molecule has 0 aliphatic rings. The summed E-state index contributed by atoms with van der Waals surface area (Å²) < 4.78 is 5.46. The average Bonchev–Trinajstić information content (AvgIpc) is 3.27. The van der Waals surface area contributed by atoms with Crippen molar-refractivity contribution in [1.82, 2.24) is 0 Å². The van der Waals surface area contributed by atoms with Crippen LogP contribution in [0.3, 0.4) is 0 Å². The molecule has 0 bridgehead atoms. The van der Waals surface area contributed by atoms with Crippen LogP contribution in [0, 0.1) is 6.92 Å². The van der Waals surface area contributed by atoms with Gasteiger partial charge in [-0.15, -0.1) is 11.3 Å². The van der Waals surface area contributed by atoms with Gasteiger partial charge in [-0.25, -0.2) is 0 Å². The molecule has 29 heavy (non-hydrogen) atoms. The smallest absolute Gasteiger partial charge is 0.307 e. The van der Waals surface area contributed by atoms with Crippen LogP contribution in [0.1, 0.15) is 39.7 Å². The predicted octanol–water partition coefficient (Wildman–Crippen LogP) is 4.94. The maximum atomic E-state index is 12.8. The summed E-state index contributed by atoms with van der Waals surface area (Å²) >= 11 is 1.33. The Morgan fingerprint density at radius 1 is 0.931 bits per heavy atom. The summed E-state index contributed by atoms with van der Waals surface area (Å²) in [6.07, 6.45) is -1.14. The molecule has 2 aromatic carbocycles. The number of nitrogens with one attached hydrogen (secondary N) is 1. The van der Waals surface area contributed by atoms with Gasteiger partial charge in [-0.05, 0) is 30.5 Å². The Kier molecular flexibility index (Phi) is 6.92. The van der Waals surface area contributed by atoms with Crippen LogP contribution in [0.5, 0.6) is 0 Å². The molecule has 1 aromatic heterocycles. The Balaban J connectivity index is 1.66. The van der Waals surface area contributed by atoms with E-state index in [1.807, 2.05) is 30.5 Å². The summed E-state index contributed by atoms with van der Waals surface area (Å²) in [5.74, 6) is -1.15. The normalized spacial score (nSPS) is 11.5. The quantitative estimate of drug-likeness (QED) is 0.424. The number of hydrogen-bond donors (Lipinski definition) is 1. The highest BCUT2D eigenvalue weighted by atomic mass is 32.1. The zero-order valence-corrected chi connectivity index (χ0v) is 16.8. The fraction of sp³-hybridized carbons (Fsp3) is 0.174. The molecule has 5 nitrogen and oxygen atoms in total. The summed E-state index contributed by atoms with van der Waals surface area (Å²) in [7, 11) is 0. The first-order valence-corrected chi connectivity index (χ1v) is 10.1. The molecule has 6 heteroatoms. The Morgan fingerprint density at radius 2 is 1.66 bits per heavy atom. The van der Waals surface area contributed by atoms with Crippen molar-refractivity contribution in [3.63, 3.8) is 0 Å². The van der Waals surface area contributed by atoms with Crippen LogP contribution in [0.4, 0.5) is 5.69 Å². The highest BCUT2D eigenvalue weighted by molar-refractivity contribution is 7.12. The zero-order chi connectivity index (χ0) is 20.6. The first-order valence-electron chi connectivity index (χ1n) is 9.21. The van der Waals surface area contributed by atoms with Crippen LogP contribution in [0.25, 0.3) is 0 Å². The number of Topliss-reactive ketones (excluding diaryl/α,β-unsaturated/α-hetero) is 1. The maximum Gasteiger partial charge on any atom is 0.307 e. The second kappa shape index (κ2) is 9.80. The lowest BCUT2D eigenvalue weighted by atomic mass is 10.1. The number of aryl methyl sites for hydroxylation is 1. The molecule has 0 radical (unpaired) electrons. The molecule has 1 amide bonds. The van der Waals surface area contributed by atoms with Gasteiger partial charge in [0.05, 0.1) is 11.3 Å². The Bertz CT molecular complexity index is 966. The third-order valence-corrected chi connectivity index (χ3v) is 5.17. The average molecular weight is 407 g/mol. The van der Waals surface area contributed by atoms with E-state index in [9.17, 15) is 14.4 Å². The third kappa shape index (κ3) is 5.86. The summed E-state index contributed by atoms with van der Waals surface area (Å²) in [4.78, 5) is 37.9. The Morgan fingerprint density at radius 3 is 2.31 bits per heavy atom. The van der Waals surface area contributed by atoms with E-state index in [0.717, 1.165) is 5.56 Å². The van der Waals surface area contributed by atoms with Gasteiger partial charge >= 0.3 is 5.97 Å². The minimum atomic E-state index is -1.10. The van der Waals surface area contributed by atoms with Gasteiger partial charge in [0.1, 0.15) is 0 Å². The third-order valence-electron chi connectivity index (χ3n) is 4.26. The number of ketones is 1. The molecule has 0 aliphatic carbocycles. The first kappa shape index (κ1) is 20.5. The van der Waals surface area contributed by atoms with Gasteiger partial charge in [-0.1, -0.05) is 54.1 Å². The van der Waals surface area contributed by atoms with E-state index in [1.165, 1.54) is 11.3 Å². The van der Waals surface area contributed by atoms with Crippen LogP contribution in [0.15, 0.2) is 72.1 Å². The number of carbonyl (C=O) groups is 3. The van der Waals surface area contributed by atoms with Gasteiger partial charge in [0.2, 0.25) is 6.10 Å². The van der Waals surface area contributed by atoms with Crippen LogP contribution in [-0.2, 0) is 14.3 Å². The summed E-state index contributed by atoms with van der Waals surface area (Å²) in [6, 6.07) is 19.7. The van der Waals surface area contributed by atoms with Crippen molar-refractivity contribution >= 4 is 34.7 Å². The van der Waals surface area contributed by atoms with Crippen molar-refractivity contribution in [3.8, 4) is 0 Å². The van der Waals surface area contributed by atoms with Crippen LogP contribution < -0.4 is 5.32 Å². The van der Waals surface area contributed by atoms with E-state index in [1.54, 1.807) is 48.5 Å². The van der Waals surface area contributed by atoms with Gasteiger partial charge in [0.15, 0.2) is 5.78 Å². The van der Waals surface area contributed by atoms with Crippen molar-refractivity contribution in [1.29, 1.82) is 0 Å². The van der Waals surface area contributed by atoms with E-state index in [4.69, 9.17) is 4.74 Å². The van der Waals surface area contributed by atoms with Crippen LogP contribution >= 0.6 is 11.3 Å². The Labute approximate surface area is 173 Å². The molecule has 148 valence electrons. The summed E-state index contributed by atoms with van der Waals surface area (Å²) in [5, 5.41) is 4.59. The van der Waals surface area contributed by atoms with Crippen molar-refractivity contribution in [2.75, 3.05) is 5.32 Å². The highest BCUT2D eigenvalue weighted by Crippen LogP contribution is 2.22.